The van der Waals surface area contributed by atoms with Gasteiger partial charge in [0.25, 0.3) is 0 Å². The molecule has 1 heterocycles. The molecule has 1 aromatic carbocycles. The van der Waals surface area contributed by atoms with Gasteiger partial charge in [-0.05, 0) is 38.5 Å². The van der Waals surface area contributed by atoms with Gasteiger partial charge in [-0.2, -0.15) is 5.10 Å². The number of hydrogen-bond acceptors (Lipinski definition) is 2. The average Bonchev–Trinajstić information content (AvgIpc) is 2.62. The summed E-state index contributed by atoms with van der Waals surface area (Å²) in [4.78, 5) is 0. The number of H-pyrrole nitrogens is 1. The number of benzene rings is 1. The Morgan fingerprint density at radius 2 is 1.89 bits per heavy atom. The van der Waals surface area contributed by atoms with Crippen LogP contribution in [0.4, 0.5) is 5.69 Å². The molecule has 0 spiro atoms. The number of halogens is 2. The fraction of sp³-hybridized carbons (Fsp3) is 0.308. The van der Waals surface area contributed by atoms with Gasteiger partial charge in [-0.25, -0.2) is 0 Å². The Hall–Kier alpha value is -1.19. The fourth-order valence-electron chi connectivity index (χ4n) is 1.80. The third kappa shape index (κ3) is 2.62. The van der Waals surface area contributed by atoms with Gasteiger partial charge in [0.2, 0.25) is 0 Å². The van der Waals surface area contributed by atoms with Crippen LogP contribution in [0.15, 0.2) is 12.1 Å². The molecule has 0 saturated heterocycles. The Balaban J connectivity index is 2.18. The van der Waals surface area contributed by atoms with Crippen LogP contribution in [0.3, 0.4) is 0 Å². The highest BCUT2D eigenvalue weighted by atomic mass is 35.5. The zero-order valence-electron chi connectivity index (χ0n) is 10.6. The van der Waals surface area contributed by atoms with E-state index in [0.717, 1.165) is 28.2 Å². The van der Waals surface area contributed by atoms with E-state index >= 15 is 0 Å². The third-order valence-electron chi connectivity index (χ3n) is 2.98. The number of nitrogens with one attached hydrogen (secondary N) is 2. The summed E-state index contributed by atoms with van der Waals surface area (Å²) in [5, 5.41) is 11.8. The predicted octanol–water partition coefficient (Wildman–Crippen LogP) is 4.25. The quantitative estimate of drug-likeness (QED) is 0.884. The van der Waals surface area contributed by atoms with E-state index in [9.17, 15) is 0 Å². The number of aromatic amines is 1. The van der Waals surface area contributed by atoms with Crippen molar-refractivity contribution < 1.29 is 0 Å². The number of nitrogens with zero attached hydrogens (tertiary/aromatic N) is 1. The van der Waals surface area contributed by atoms with Gasteiger partial charge in [0.15, 0.2) is 0 Å². The lowest BCUT2D eigenvalue weighted by Gasteiger charge is -2.10. The van der Waals surface area contributed by atoms with E-state index in [2.05, 4.69) is 15.5 Å². The largest absolute Gasteiger partial charge is 0.380 e. The minimum atomic E-state index is 0.674. The van der Waals surface area contributed by atoms with Crippen molar-refractivity contribution in [2.75, 3.05) is 5.32 Å². The molecule has 2 aromatic rings. The van der Waals surface area contributed by atoms with Crippen LogP contribution in [0.25, 0.3) is 0 Å². The second-order valence-corrected chi connectivity index (χ2v) is 5.16. The van der Waals surface area contributed by atoms with Gasteiger partial charge in [-0.15, -0.1) is 0 Å². The molecule has 0 aliphatic heterocycles. The molecule has 96 valence electrons. The first-order valence-corrected chi connectivity index (χ1v) is 6.44. The minimum absolute atomic E-state index is 0.674. The molecule has 0 amide bonds. The molecule has 0 fully saturated rings. The number of hydrogen-bond donors (Lipinski definition) is 2. The number of anilines is 1. The average molecular weight is 284 g/mol. The molecule has 0 saturated carbocycles. The Labute approximate surface area is 117 Å². The van der Waals surface area contributed by atoms with Gasteiger partial charge in [0.05, 0.1) is 16.4 Å². The maximum absolute atomic E-state index is 6.18. The van der Waals surface area contributed by atoms with Crippen molar-refractivity contribution in [1.82, 2.24) is 10.2 Å². The summed E-state index contributed by atoms with van der Waals surface area (Å²) in [6, 6.07) is 3.71. The summed E-state index contributed by atoms with van der Waals surface area (Å²) in [5.41, 5.74) is 5.03. The molecule has 0 aliphatic rings. The van der Waals surface area contributed by atoms with Gasteiger partial charge < -0.3 is 5.32 Å². The van der Waals surface area contributed by atoms with E-state index in [-0.39, 0.29) is 0 Å². The van der Waals surface area contributed by atoms with Crippen LogP contribution >= 0.6 is 23.2 Å². The minimum Gasteiger partial charge on any atom is -0.380 e. The normalized spacial score (nSPS) is 10.7. The van der Waals surface area contributed by atoms with Crippen LogP contribution in [0.1, 0.15) is 22.5 Å². The first-order valence-electron chi connectivity index (χ1n) is 5.69. The molecule has 2 rings (SSSR count). The van der Waals surface area contributed by atoms with Crippen molar-refractivity contribution in [2.45, 2.75) is 27.3 Å². The summed E-state index contributed by atoms with van der Waals surface area (Å²) in [7, 11) is 0. The molecule has 1 aromatic heterocycles. The lowest BCUT2D eigenvalue weighted by Crippen LogP contribution is -2.02. The van der Waals surface area contributed by atoms with Crippen molar-refractivity contribution in [3.63, 3.8) is 0 Å². The summed E-state index contributed by atoms with van der Waals surface area (Å²) < 4.78 is 0. The monoisotopic (exact) mass is 283 g/mol. The Morgan fingerprint density at radius 3 is 2.50 bits per heavy atom. The van der Waals surface area contributed by atoms with Crippen molar-refractivity contribution >= 4 is 28.9 Å². The van der Waals surface area contributed by atoms with Gasteiger partial charge in [0, 0.05) is 22.8 Å². The van der Waals surface area contributed by atoms with Crippen LogP contribution in [0.5, 0.6) is 0 Å². The highest BCUT2D eigenvalue weighted by molar-refractivity contribution is 6.35. The van der Waals surface area contributed by atoms with Crippen LogP contribution < -0.4 is 5.32 Å². The van der Waals surface area contributed by atoms with E-state index in [1.807, 2.05) is 32.9 Å². The maximum Gasteiger partial charge on any atom is 0.0643 e. The molecule has 0 atom stereocenters. The van der Waals surface area contributed by atoms with Crippen molar-refractivity contribution in [3.05, 3.63) is 44.7 Å². The van der Waals surface area contributed by atoms with Crippen LogP contribution in [-0.2, 0) is 6.54 Å². The SMILES string of the molecule is Cc1cc(Cl)c(NCc2c(C)n[nH]c2C)cc1Cl. The lowest BCUT2D eigenvalue weighted by atomic mass is 10.2. The Morgan fingerprint density at radius 1 is 1.17 bits per heavy atom. The van der Waals surface area contributed by atoms with E-state index in [4.69, 9.17) is 23.2 Å². The molecule has 0 aliphatic carbocycles. The van der Waals surface area contributed by atoms with E-state index < -0.39 is 0 Å². The highest BCUT2D eigenvalue weighted by Crippen LogP contribution is 2.29. The topological polar surface area (TPSA) is 40.7 Å². The number of rotatable bonds is 3. The molecule has 3 nitrogen and oxygen atoms in total. The number of aryl methyl sites for hydroxylation is 3. The lowest BCUT2D eigenvalue weighted by molar-refractivity contribution is 1.02. The molecule has 0 radical (unpaired) electrons. The smallest absolute Gasteiger partial charge is 0.0643 e. The van der Waals surface area contributed by atoms with Crippen LogP contribution in [-0.4, -0.2) is 10.2 Å². The molecule has 5 heteroatoms. The molecule has 2 N–H and O–H groups in total. The molecular weight excluding hydrogens is 269 g/mol. The molecular formula is C13H15Cl2N3. The first kappa shape index (κ1) is 13.2. The standard InChI is InChI=1S/C13H15Cl2N3/c1-7-4-12(15)13(5-11(7)14)16-6-10-8(2)17-18-9(10)3/h4-5,16H,6H2,1-3H3,(H,17,18). The molecule has 0 unspecified atom stereocenters. The fourth-order valence-corrected chi connectivity index (χ4v) is 2.25. The summed E-state index contributed by atoms with van der Waals surface area (Å²) in [5.74, 6) is 0. The van der Waals surface area contributed by atoms with E-state index in [1.165, 1.54) is 0 Å². The van der Waals surface area contributed by atoms with Crippen LogP contribution in [0, 0.1) is 20.8 Å². The maximum atomic E-state index is 6.18. The Bertz CT molecular complexity index is 556. The van der Waals surface area contributed by atoms with Gasteiger partial charge >= 0.3 is 0 Å². The summed E-state index contributed by atoms with van der Waals surface area (Å²) in [6.45, 7) is 6.58. The van der Waals surface area contributed by atoms with Crippen molar-refractivity contribution in [3.8, 4) is 0 Å². The third-order valence-corrected chi connectivity index (χ3v) is 3.70. The predicted molar refractivity (Wildman–Crippen MR) is 76.6 cm³/mol. The zero-order valence-corrected chi connectivity index (χ0v) is 12.1. The second-order valence-electron chi connectivity index (χ2n) is 4.35. The molecule has 18 heavy (non-hydrogen) atoms. The first-order chi connectivity index (χ1) is 8.49. The van der Waals surface area contributed by atoms with Crippen molar-refractivity contribution in [1.29, 1.82) is 0 Å². The van der Waals surface area contributed by atoms with Gasteiger partial charge in [-0.1, -0.05) is 23.2 Å². The Kier molecular flexibility index (Phi) is 3.83. The molecule has 0 bridgehead atoms. The summed E-state index contributed by atoms with van der Waals surface area (Å²) >= 11 is 12.3. The van der Waals surface area contributed by atoms with E-state index in [1.54, 1.807) is 0 Å². The zero-order chi connectivity index (χ0) is 13.3. The second kappa shape index (κ2) is 5.21. The van der Waals surface area contributed by atoms with Crippen molar-refractivity contribution in [2.24, 2.45) is 0 Å². The number of aromatic nitrogens is 2. The van der Waals surface area contributed by atoms with Gasteiger partial charge in [0.1, 0.15) is 0 Å². The summed E-state index contributed by atoms with van der Waals surface area (Å²) in [6.07, 6.45) is 0. The van der Waals surface area contributed by atoms with Gasteiger partial charge in [-0.3, -0.25) is 5.10 Å². The highest BCUT2D eigenvalue weighted by Gasteiger charge is 2.08. The van der Waals surface area contributed by atoms with Crippen LogP contribution in [0.2, 0.25) is 10.0 Å². The van der Waals surface area contributed by atoms with E-state index in [0.29, 0.717) is 16.6 Å².